The molecule has 4 nitrogen and oxygen atoms in total. The Balaban J connectivity index is 2.03. The van der Waals surface area contributed by atoms with Crippen molar-refractivity contribution in [1.29, 1.82) is 0 Å². The lowest BCUT2D eigenvalue weighted by atomic mass is 10.1. The van der Waals surface area contributed by atoms with Crippen molar-refractivity contribution < 1.29 is 19.4 Å². The maximum atomic E-state index is 11.6. The molecule has 1 aromatic rings. The smallest absolute Gasteiger partial charge is 0.253 e. The van der Waals surface area contributed by atoms with Crippen LogP contribution in [0.15, 0.2) is 12.1 Å². The highest BCUT2D eigenvalue weighted by Gasteiger charge is 2.45. The fourth-order valence-electron chi connectivity index (χ4n) is 2.31. The summed E-state index contributed by atoms with van der Waals surface area (Å²) in [5.74, 6) is 1.90. The summed E-state index contributed by atoms with van der Waals surface area (Å²) in [4.78, 5) is 11.6. The number of carbonyl (C=O) groups is 1. The van der Waals surface area contributed by atoms with Crippen LogP contribution >= 0.6 is 11.8 Å². The number of carbonyl (C=O) groups excluding carboxylic acids is 1. The van der Waals surface area contributed by atoms with Crippen molar-refractivity contribution in [3.63, 3.8) is 0 Å². The van der Waals surface area contributed by atoms with E-state index in [1.54, 1.807) is 6.07 Å². The Morgan fingerprint density at radius 3 is 2.61 bits per heavy atom. The van der Waals surface area contributed by atoms with Gasteiger partial charge in [-0.15, -0.1) is 0 Å². The normalized spacial score (nSPS) is 20.1. The van der Waals surface area contributed by atoms with Crippen LogP contribution in [0.1, 0.15) is 30.1 Å². The first-order valence-electron chi connectivity index (χ1n) is 5.94. The molecule has 2 aliphatic heterocycles. The van der Waals surface area contributed by atoms with Gasteiger partial charge >= 0.3 is 0 Å². The van der Waals surface area contributed by atoms with Gasteiger partial charge < -0.3 is 14.6 Å². The standard InChI is InChI=1S/C13H14O4S/c1-8(14)9-2-3-10(15)12-11(9)16-13(17-12)4-6-18-7-5-13/h2-3,15H,4-7H2,1H3. The summed E-state index contributed by atoms with van der Waals surface area (Å²) in [5, 5.41) is 9.83. The van der Waals surface area contributed by atoms with Crippen molar-refractivity contribution in [3.05, 3.63) is 17.7 Å². The van der Waals surface area contributed by atoms with E-state index < -0.39 is 5.79 Å². The van der Waals surface area contributed by atoms with Crippen molar-refractivity contribution in [2.75, 3.05) is 11.5 Å². The predicted octanol–water partition coefficient (Wildman–Crippen LogP) is 2.59. The Kier molecular flexibility index (Phi) is 2.66. The first-order valence-corrected chi connectivity index (χ1v) is 7.09. The van der Waals surface area contributed by atoms with E-state index in [-0.39, 0.29) is 11.5 Å². The number of phenols is 1. The topological polar surface area (TPSA) is 55.8 Å². The molecule has 0 aliphatic carbocycles. The molecule has 5 heteroatoms. The Morgan fingerprint density at radius 2 is 1.94 bits per heavy atom. The van der Waals surface area contributed by atoms with Crippen molar-refractivity contribution in [1.82, 2.24) is 0 Å². The molecule has 3 rings (SSSR count). The third kappa shape index (κ3) is 1.73. The molecule has 0 unspecified atom stereocenters. The molecule has 2 aliphatic rings. The zero-order valence-corrected chi connectivity index (χ0v) is 10.9. The largest absolute Gasteiger partial charge is 0.504 e. The SMILES string of the molecule is CC(=O)c1ccc(O)c2c1OC1(CCSCC1)O2. The summed E-state index contributed by atoms with van der Waals surface area (Å²) in [6, 6.07) is 3.06. The monoisotopic (exact) mass is 266 g/mol. The van der Waals surface area contributed by atoms with E-state index in [4.69, 9.17) is 9.47 Å². The van der Waals surface area contributed by atoms with Crippen LogP contribution in [0, 0.1) is 0 Å². The highest BCUT2D eigenvalue weighted by atomic mass is 32.2. The molecule has 0 aromatic heterocycles. The van der Waals surface area contributed by atoms with Gasteiger partial charge in [-0.05, 0) is 19.1 Å². The lowest BCUT2D eigenvalue weighted by Gasteiger charge is -2.30. The van der Waals surface area contributed by atoms with Crippen LogP contribution in [-0.4, -0.2) is 28.2 Å². The number of ketones is 1. The van der Waals surface area contributed by atoms with Crippen LogP contribution in [0.2, 0.25) is 0 Å². The van der Waals surface area contributed by atoms with Crippen LogP contribution in [0.4, 0.5) is 0 Å². The van der Waals surface area contributed by atoms with Gasteiger partial charge in [0.25, 0.3) is 5.79 Å². The van der Waals surface area contributed by atoms with Gasteiger partial charge in [0.05, 0.1) is 5.56 Å². The Morgan fingerprint density at radius 1 is 1.28 bits per heavy atom. The van der Waals surface area contributed by atoms with Gasteiger partial charge in [0.1, 0.15) is 0 Å². The molecule has 1 saturated heterocycles. The minimum atomic E-state index is -0.684. The number of benzene rings is 1. The van der Waals surface area contributed by atoms with Crippen molar-refractivity contribution >= 4 is 17.5 Å². The fourth-order valence-corrected chi connectivity index (χ4v) is 3.42. The lowest BCUT2D eigenvalue weighted by molar-refractivity contribution is -0.0852. The number of aromatic hydroxyl groups is 1. The molecule has 0 atom stereocenters. The van der Waals surface area contributed by atoms with E-state index in [0.29, 0.717) is 17.1 Å². The Labute approximate surface area is 109 Å². The zero-order valence-electron chi connectivity index (χ0n) is 10.1. The molecule has 18 heavy (non-hydrogen) atoms. The number of Topliss-reactive ketones (excluding diaryl/α,β-unsaturated/α-hetero) is 1. The summed E-state index contributed by atoms with van der Waals surface area (Å²) in [6.07, 6.45) is 1.53. The molecule has 1 aromatic carbocycles. The second-order valence-electron chi connectivity index (χ2n) is 4.57. The third-order valence-electron chi connectivity index (χ3n) is 3.30. The molecule has 2 heterocycles. The van der Waals surface area contributed by atoms with E-state index in [1.165, 1.54) is 13.0 Å². The molecular formula is C13H14O4S. The number of ether oxygens (including phenoxy) is 2. The van der Waals surface area contributed by atoms with Gasteiger partial charge in [0.15, 0.2) is 17.3 Å². The van der Waals surface area contributed by atoms with Crippen molar-refractivity contribution in [2.24, 2.45) is 0 Å². The molecule has 96 valence electrons. The van der Waals surface area contributed by atoms with Crippen molar-refractivity contribution in [3.8, 4) is 17.2 Å². The van der Waals surface area contributed by atoms with Gasteiger partial charge in [-0.1, -0.05) is 0 Å². The molecule has 1 N–H and O–H groups in total. The third-order valence-corrected chi connectivity index (χ3v) is 4.29. The number of hydrogen-bond acceptors (Lipinski definition) is 5. The lowest BCUT2D eigenvalue weighted by Crippen LogP contribution is -2.42. The van der Waals surface area contributed by atoms with E-state index in [9.17, 15) is 9.90 Å². The average Bonchev–Trinajstić information content (AvgIpc) is 2.70. The molecule has 1 spiro atoms. The van der Waals surface area contributed by atoms with Crippen LogP contribution in [0.25, 0.3) is 0 Å². The molecule has 0 bridgehead atoms. The Hall–Kier alpha value is -1.36. The summed E-state index contributed by atoms with van der Waals surface area (Å²) in [7, 11) is 0. The summed E-state index contributed by atoms with van der Waals surface area (Å²) < 4.78 is 11.7. The van der Waals surface area contributed by atoms with Gasteiger partial charge in [0, 0.05) is 24.3 Å². The predicted molar refractivity (Wildman–Crippen MR) is 68.7 cm³/mol. The average molecular weight is 266 g/mol. The summed E-state index contributed by atoms with van der Waals surface area (Å²) >= 11 is 1.86. The van der Waals surface area contributed by atoms with E-state index in [1.807, 2.05) is 11.8 Å². The van der Waals surface area contributed by atoms with E-state index >= 15 is 0 Å². The molecular weight excluding hydrogens is 252 g/mol. The Bertz CT molecular complexity index is 506. The van der Waals surface area contributed by atoms with Crippen LogP contribution < -0.4 is 9.47 Å². The van der Waals surface area contributed by atoms with E-state index in [2.05, 4.69) is 0 Å². The maximum absolute atomic E-state index is 11.6. The number of hydrogen-bond donors (Lipinski definition) is 1. The van der Waals surface area contributed by atoms with Gasteiger partial charge in [0.2, 0.25) is 5.75 Å². The minimum absolute atomic E-state index is 0.0325. The molecule has 0 saturated carbocycles. The second-order valence-corrected chi connectivity index (χ2v) is 5.80. The molecule has 1 fully saturated rings. The van der Waals surface area contributed by atoms with Crippen LogP contribution in [0.3, 0.4) is 0 Å². The van der Waals surface area contributed by atoms with Gasteiger partial charge in [-0.2, -0.15) is 11.8 Å². The van der Waals surface area contributed by atoms with E-state index in [0.717, 1.165) is 24.3 Å². The molecule has 0 radical (unpaired) electrons. The van der Waals surface area contributed by atoms with Crippen LogP contribution in [-0.2, 0) is 0 Å². The van der Waals surface area contributed by atoms with Gasteiger partial charge in [-0.3, -0.25) is 4.79 Å². The first kappa shape index (κ1) is 11.7. The molecule has 0 amide bonds. The number of rotatable bonds is 1. The summed E-state index contributed by atoms with van der Waals surface area (Å²) in [5.41, 5.74) is 0.470. The summed E-state index contributed by atoms with van der Waals surface area (Å²) in [6.45, 7) is 1.48. The minimum Gasteiger partial charge on any atom is -0.504 e. The fraction of sp³-hybridized carbons (Fsp3) is 0.462. The zero-order chi connectivity index (χ0) is 12.8. The quantitative estimate of drug-likeness (QED) is 0.792. The number of thioether (sulfide) groups is 1. The maximum Gasteiger partial charge on any atom is 0.253 e. The van der Waals surface area contributed by atoms with Crippen LogP contribution in [0.5, 0.6) is 17.2 Å². The second kappa shape index (κ2) is 4.09. The van der Waals surface area contributed by atoms with Gasteiger partial charge in [-0.25, -0.2) is 0 Å². The number of fused-ring (bicyclic) bond motifs is 1. The highest BCUT2D eigenvalue weighted by molar-refractivity contribution is 7.99. The number of phenolic OH excluding ortho intramolecular Hbond substituents is 1. The van der Waals surface area contributed by atoms with Crippen molar-refractivity contribution in [2.45, 2.75) is 25.6 Å². The first-order chi connectivity index (χ1) is 8.61. The highest BCUT2D eigenvalue weighted by Crippen LogP contribution is 2.51.